The van der Waals surface area contributed by atoms with Crippen LogP contribution in [0.2, 0.25) is 0 Å². The summed E-state index contributed by atoms with van der Waals surface area (Å²) in [5.41, 5.74) is 7.32. The number of hydrogen-bond donors (Lipinski definition) is 1. The number of rotatable bonds is 4. The van der Waals surface area contributed by atoms with Crippen LogP contribution in [-0.2, 0) is 4.79 Å². The summed E-state index contributed by atoms with van der Waals surface area (Å²) in [5.74, 6) is 0.0688. The highest BCUT2D eigenvalue weighted by Crippen LogP contribution is 2.22. The summed E-state index contributed by atoms with van der Waals surface area (Å²) in [7, 11) is 0. The second-order valence-electron chi connectivity index (χ2n) is 3.95. The molecule has 0 fully saturated rings. The third kappa shape index (κ3) is 2.75. The molecule has 3 nitrogen and oxygen atoms in total. The standard InChI is InChI=1S/C13H20N2O/c1-4-12(5-2)15(10(3)16)13-8-6-7-11(14)9-13/h6-9,12H,4-5,14H2,1-3H3. The predicted molar refractivity (Wildman–Crippen MR) is 68.4 cm³/mol. The van der Waals surface area contributed by atoms with Crippen LogP contribution in [0.1, 0.15) is 33.6 Å². The average Bonchev–Trinajstić information content (AvgIpc) is 2.24. The zero-order chi connectivity index (χ0) is 12.1. The predicted octanol–water partition coefficient (Wildman–Crippen LogP) is 2.81. The molecule has 0 saturated heterocycles. The Morgan fingerprint density at radius 1 is 1.38 bits per heavy atom. The van der Waals surface area contributed by atoms with E-state index in [9.17, 15) is 4.79 Å². The number of hydrogen-bond acceptors (Lipinski definition) is 2. The number of carbonyl (C=O) groups is 1. The smallest absolute Gasteiger partial charge is 0.224 e. The van der Waals surface area contributed by atoms with Crippen molar-refractivity contribution in [1.82, 2.24) is 0 Å². The monoisotopic (exact) mass is 220 g/mol. The van der Waals surface area contributed by atoms with Gasteiger partial charge in [-0.3, -0.25) is 4.79 Å². The molecule has 0 aromatic heterocycles. The number of nitrogens with zero attached hydrogens (tertiary/aromatic N) is 1. The zero-order valence-electron chi connectivity index (χ0n) is 10.2. The Hall–Kier alpha value is -1.51. The van der Waals surface area contributed by atoms with Gasteiger partial charge in [0.05, 0.1) is 0 Å². The van der Waals surface area contributed by atoms with Crippen LogP contribution in [0.25, 0.3) is 0 Å². The molecule has 0 saturated carbocycles. The van der Waals surface area contributed by atoms with Crippen LogP contribution < -0.4 is 10.6 Å². The maximum absolute atomic E-state index is 11.7. The summed E-state index contributed by atoms with van der Waals surface area (Å²) in [6.07, 6.45) is 1.90. The van der Waals surface area contributed by atoms with E-state index in [0.717, 1.165) is 18.5 Å². The molecule has 1 amide bonds. The number of anilines is 2. The molecule has 88 valence electrons. The molecule has 2 N–H and O–H groups in total. The summed E-state index contributed by atoms with van der Waals surface area (Å²) >= 11 is 0. The van der Waals surface area contributed by atoms with Crippen LogP contribution in [0, 0.1) is 0 Å². The summed E-state index contributed by atoms with van der Waals surface area (Å²) in [6, 6.07) is 7.73. The lowest BCUT2D eigenvalue weighted by atomic mass is 10.1. The third-order valence-corrected chi connectivity index (χ3v) is 2.80. The van der Waals surface area contributed by atoms with E-state index in [2.05, 4.69) is 13.8 Å². The fourth-order valence-electron chi connectivity index (χ4n) is 1.98. The van der Waals surface area contributed by atoms with E-state index in [-0.39, 0.29) is 11.9 Å². The molecule has 3 heteroatoms. The Balaban J connectivity index is 3.06. The highest BCUT2D eigenvalue weighted by atomic mass is 16.2. The quantitative estimate of drug-likeness (QED) is 0.793. The van der Waals surface area contributed by atoms with E-state index in [1.807, 2.05) is 29.2 Å². The van der Waals surface area contributed by atoms with Crippen LogP contribution in [0.3, 0.4) is 0 Å². The lowest BCUT2D eigenvalue weighted by Gasteiger charge is -2.29. The number of amides is 1. The van der Waals surface area contributed by atoms with E-state index in [4.69, 9.17) is 5.73 Å². The maximum atomic E-state index is 11.7. The van der Waals surface area contributed by atoms with Gasteiger partial charge < -0.3 is 10.6 Å². The Kier molecular flexibility index (Phi) is 4.35. The normalized spacial score (nSPS) is 10.5. The topological polar surface area (TPSA) is 46.3 Å². The van der Waals surface area contributed by atoms with E-state index < -0.39 is 0 Å². The van der Waals surface area contributed by atoms with Crippen molar-refractivity contribution in [3.63, 3.8) is 0 Å². The molecule has 0 spiro atoms. The Morgan fingerprint density at radius 2 is 2.00 bits per heavy atom. The minimum atomic E-state index is 0.0688. The van der Waals surface area contributed by atoms with Crippen molar-refractivity contribution in [1.29, 1.82) is 0 Å². The molecule has 1 aromatic rings. The number of benzene rings is 1. The Morgan fingerprint density at radius 3 is 2.44 bits per heavy atom. The van der Waals surface area contributed by atoms with Crippen LogP contribution in [0.5, 0.6) is 0 Å². The van der Waals surface area contributed by atoms with Crippen LogP contribution >= 0.6 is 0 Å². The van der Waals surface area contributed by atoms with Crippen molar-refractivity contribution >= 4 is 17.3 Å². The molecule has 0 aliphatic carbocycles. The van der Waals surface area contributed by atoms with Gasteiger partial charge in [-0.2, -0.15) is 0 Å². The zero-order valence-corrected chi connectivity index (χ0v) is 10.2. The fraction of sp³-hybridized carbons (Fsp3) is 0.462. The summed E-state index contributed by atoms with van der Waals surface area (Å²) in [6.45, 7) is 5.79. The largest absolute Gasteiger partial charge is 0.399 e. The van der Waals surface area contributed by atoms with E-state index in [1.165, 1.54) is 0 Å². The first-order valence-corrected chi connectivity index (χ1v) is 5.75. The minimum absolute atomic E-state index is 0.0688. The number of nitrogen functional groups attached to an aromatic ring is 1. The molecule has 0 heterocycles. The molecule has 0 unspecified atom stereocenters. The summed E-state index contributed by atoms with van der Waals surface area (Å²) < 4.78 is 0. The first-order valence-electron chi connectivity index (χ1n) is 5.75. The fourth-order valence-corrected chi connectivity index (χ4v) is 1.98. The second-order valence-corrected chi connectivity index (χ2v) is 3.95. The second kappa shape index (κ2) is 5.54. The molecule has 0 aliphatic heterocycles. The van der Waals surface area contributed by atoms with Gasteiger partial charge in [-0.25, -0.2) is 0 Å². The molecular formula is C13H20N2O. The van der Waals surface area contributed by atoms with Crippen LogP contribution in [0.4, 0.5) is 11.4 Å². The van der Waals surface area contributed by atoms with Crippen molar-refractivity contribution in [3.8, 4) is 0 Å². The summed E-state index contributed by atoms with van der Waals surface area (Å²) in [4.78, 5) is 13.5. The number of carbonyl (C=O) groups excluding carboxylic acids is 1. The number of nitrogens with two attached hydrogens (primary N) is 1. The van der Waals surface area contributed by atoms with Crippen LogP contribution in [-0.4, -0.2) is 11.9 Å². The molecular weight excluding hydrogens is 200 g/mol. The molecule has 0 atom stereocenters. The first kappa shape index (κ1) is 12.6. The molecule has 0 aliphatic rings. The van der Waals surface area contributed by atoms with Crippen molar-refractivity contribution in [3.05, 3.63) is 24.3 Å². The van der Waals surface area contributed by atoms with Gasteiger partial charge in [0.25, 0.3) is 0 Å². The van der Waals surface area contributed by atoms with Gasteiger partial charge in [0.15, 0.2) is 0 Å². The van der Waals surface area contributed by atoms with E-state index in [0.29, 0.717) is 5.69 Å². The maximum Gasteiger partial charge on any atom is 0.224 e. The summed E-state index contributed by atoms with van der Waals surface area (Å²) in [5, 5.41) is 0. The van der Waals surface area contributed by atoms with Crippen molar-refractivity contribution in [2.24, 2.45) is 0 Å². The van der Waals surface area contributed by atoms with Gasteiger partial charge in [-0.05, 0) is 31.0 Å². The molecule has 1 rings (SSSR count). The molecule has 0 bridgehead atoms. The van der Waals surface area contributed by atoms with Gasteiger partial charge in [0.2, 0.25) is 5.91 Å². The van der Waals surface area contributed by atoms with Crippen LogP contribution in [0.15, 0.2) is 24.3 Å². The molecule has 0 radical (unpaired) electrons. The average molecular weight is 220 g/mol. The molecule has 1 aromatic carbocycles. The highest BCUT2D eigenvalue weighted by molar-refractivity contribution is 5.92. The molecule has 16 heavy (non-hydrogen) atoms. The van der Waals surface area contributed by atoms with E-state index in [1.54, 1.807) is 6.92 Å². The van der Waals surface area contributed by atoms with Gasteiger partial charge in [0.1, 0.15) is 0 Å². The minimum Gasteiger partial charge on any atom is -0.399 e. The van der Waals surface area contributed by atoms with Gasteiger partial charge in [0, 0.05) is 24.3 Å². The SMILES string of the molecule is CCC(CC)N(C(C)=O)c1cccc(N)c1. The van der Waals surface area contributed by atoms with Crippen molar-refractivity contribution < 1.29 is 4.79 Å². The lowest BCUT2D eigenvalue weighted by Crippen LogP contribution is -2.38. The van der Waals surface area contributed by atoms with E-state index >= 15 is 0 Å². The van der Waals surface area contributed by atoms with Gasteiger partial charge in [-0.1, -0.05) is 19.9 Å². The lowest BCUT2D eigenvalue weighted by molar-refractivity contribution is -0.117. The van der Waals surface area contributed by atoms with Crippen molar-refractivity contribution in [2.75, 3.05) is 10.6 Å². The van der Waals surface area contributed by atoms with Crippen molar-refractivity contribution in [2.45, 2.75) is 39.7 Å². The van der Waals surface area contributed by atoms with Gasteiger partial charge >= 0.3 is 0 Å². The highest BCUT2D eigenvalue weighted by Gasteiger charge is 2.19. The third-order valence-electron chi connectivity index (χ3n) is 2.80. The Labute approximate surface area is 97.2 Å². The van der Waals surface area contributed by atoms with Gasteiger partial charge in [-0.15, -0.1) is 0 Å². The first-order chi connectivity index (χ1) is 7.60. The Bertz CT molecular complexity index is 359.